The van der Waals surface area contributed by atoms with Gasteiger partial charge in [0, 0.05) is 35.3 Å². The van der Waals surface area contributed by atoms with Crippen LogP contribution >= 0.6 is 0 Å². The van der Waals surface area contributed by atoms with Crippen molar-refractivity contribution in [2.45, 2.75) is 72.8 Å². The number of carbonyl (C=O) groups is 3. The second kappa shape index (κ2) is 6.20. The second-order valence-corrected chi connectivity index (χ2v) is 11.5. The summed E-state index contributed by atoms with van der Waals surface area (Å²) in [6.07, 6.45) is 7.84. The zero-order valence-corrected chi connectivity index (χ0v) is 19.1. The van der Waals surface area contributed by atoms with Crippen molar-refractivity contribution >= 4 is 17.5 Å². The van der Waals surface area contributed by atoms with Gasteiger partial charge in [-0.1, -0.05) is 27.7 Å². The molecule has 0 amide bonds. The van der Waals surface area contributed by atoms with Gasteiger partial charge in [-0.15, -0.1) is 0 Å². The van der Waals surface area contributed by atoms with Crippen LogP contribution < -0.4 is 0 Å². The third kappa shape index (κ3) is 2.46. The Morgan fingerprint density at radius 3 is 2.39 bits per heavy atom. The van der Waals surface area contributed by atoms with Gasteiger partial charge in [-0.25, -0.2) is 4.79 Å². The molecule has 0 spiro atoms. The molecule has 5 rings (SSSR count). The summed E-state index contributed by atoms with van der Waals surface area (Å²) in [5.74, 6) is 0.193. The average Bonchev–Trinajstić information content (AvgIpc) is 3.23. The molecule has 6 atom stereocenters. The van der Waals surface area contributed by atoms with Crippen LogP contribution in [-0.4, -0.2) is 17.5 Å². The van der Waals surface area contributed by atoms with E-state index < -0.39 is 22.3 Å². The Morgan fingerprint density at radius 2 is 1.71 bits per heavy atom. The smallest absolute Gasteiger partial charge is 0.331 e. The molecule has 0 N–H and O–H groups in total. The highest BCUT2D eigenvalue weighted by Crippen LogP contribution is 2.71. The summed E-state index contributed by atoms with van der Waals surface area (Å²) in [7, 11) is 0. The minimum Gasteiger partial charge on any atom is -0.472 e. The van der Waals surface area contributed by atoms with Crippen LogP contribution in [0.3, 0.4) is 0 Å². The summed E-state index contributed by atoms with van der Waals surface area (Å²) in [6, 6.07) is 1.84. The highest BCUT2D eigenvalue weighted by molar-refractivity contribution is 5.95. The fraction of sp³-hybridized carbons (Fsp3) is 0.654. The van der Waals surface area contributed by atoms with Crippen molar-refractivity contribution in [2.75, 3.05) is 0 Å². The predicted octanol–water partition coefficient (Wildman–Crippen LogP) is 5.21. The van der Waals surface area contributed by atoms with Gasteiger partial charge < -0.3 is 9.15 Å². The minimum atomic E-state index is -0.726. The molecule has 0 saturated heterocycles. The lowest BCUT2D eigenvalue weighted by molar-refractivity contribution is -0.179. The summed E-state index contributed by atoms with van der Waals surface area (Å²) < 4.78 is 11.1. The number of cyclic esters (lactones) is 1. The molecule has 3 saturated carbocycles. The molecule has 0 aromatic carbocycles. The third-order valence-corrected chi connectivity index (χ3v) is 9.79. The van der Waals surface area contributed by atoms with Gasteiger partial charge in [0.15, 0.2) is 0 Å². The first-order valence-corrected chi connectivity index (χ1v) is 11.5. The first kappa shape index (κ1) is 20.7. The largest absolute Gasteiger partial charge is 0.472 e. The molecular weight excluding hydrogens is 392 g/mol. The minimum absolute atomic E-state index is 0.0389. The Balaban J connectivity index is 1.64. The van der Waals surface area contributed by atoms with Crippen LogP contribution in [0.1, 0.15) is 78.4 Å². The molecule has 1 aromatic rings. The molecule has 5 heteroatoms. The summed E-state index contributed by atoms with van der Waals surface area (Å²) in [5, 5.41) is 0. The monoisotopic (exact) mass is 424 g/mol. The first-order chi connectivity index (χ1) is 14.5. The molecule has 3 aliphatic carbocycles. The number of fused-ring (bicyclic) bond motifs is 5. The molecule has 1 aromatic heterocycles. The van der Waals surface area contributed by atoms with Gasteiger partial charge in [-0.05, 0) is 55.1 Å². The van der Waals surface area contributed by atoms with E-state index in [1.54, 1.807) is 18.6 Å². The van der Waals surface area contributed by atoms with Crippen molar-refractivity contribution in [2.24, 2.45) is 33.5 Å². The maximum absolute atomic E-state index is 13.9. The van der Waals surface area contributed by atoms with Crippen molar-refractivity contribution in [3.63, 3.8) is 0 Å². The van der Waals surface area contributed by atoms with Gasteiger partial charge in [0.05, 0.1) is 17.9 Å². The zero-order valence-electron chi connectivity index (χ0n) is 19.1. The fourth-order valence-corrected chi connectivity index (χ4v) is 8.03. The van der Waals surface area contributed by atoms with E-state index in [1.165, 1.54) is 0 Å². The second-order valence-electron chi connectivity index (χ2n) is 11.5. The summed E-state index contributed by atoms with van der Waals surface area (Å²) in [6.45, 7) is 10.5. The van der Waals surface area contributed by atoms with E-state index in [0.717, 1.165) is 30.4 Å². The molecule has 0 bridgehead atoms. The number of furan rings is 1. The number of ketones is 2. The highest BCUT2D eigenvalue weighted by Gasteiger charge is 2.68. The molecule has 166 valence electrons. The van der Waals surface area contributed by atoms with E-state index >= 15 is 0 Å². The van der Waals surface area contributed by atoms with Crippen LogP contribution in [0, 0.1) is 33.5 Å². The van der Waals surface area contributed by atoms with Crippen LogP contribution in [0.25, 0.3) is 0 Å². The number of hydrogen-bond acceptors (Lipinski definition) is 5. The molecule has 0 radical (unpaired) electrons. The number of esters is 1. The number of hydrogen-bond donors (Lipinski definition) is 0. The van der Waals surface area contributed by atoms with Crippen LogP contribution in [-0.2, 0) is 19.1 Å². The van der Waals surface area contributed by atoms with Crippen LogP contribution in [0.5, 0.6) is 0 Å². The van der Waals surface area contributed by atoms with Crippen molar-refractivity contribution < 1.29 is 23.5 Å². The van der Waals surface area contributed by atoms with E-state index in [1.807, 2.05) is 19.9 Å². The number of Topliss-reactive ketones (excluding diaryl/α,β-unsaturated/α-hetero) is 2. The van der Waals surface area contributed by atoms with Crippen molar-refractivity contribution in [1.29, 1.82) is 0 Å². The lowest BCUT2D eigenvalue weighted by atomic mass is 9.37. The van der Waals surface area contributed by atoms with Crippen LogP contribution in [0.4, 0.5) is 0 Å². The summed E-state index contributed by atoms with van der Waals surface area (Å²) >= 11 is 0. The van der Waals surface area contributed by atoms with Gasteiger partial charge >= 0.3 is 5.97 Å². The normalized spacial score (nSPS) is 44.0. The Hall–Kier alpha value is -2.17. The van der Waals surface area contributed by atoms with Gasteiger partial charge in [-0.3, -0.25) is 9.59 Å². The summed E-state index contributed by atoms with van der Waals surface area (Å²) in [5.41, 5.74) is -0.0465. The Labute approximate surface area is 183 Å². The maximum Gasteiger partial charge on any atom is 0.331 e. The quantitative estimate of drug-likeness (QED) is 0.579. The third-order valence-electron chi connectivity index (χ3n) is 9.79. The molecule has 1 aliphatic heterocycles. The Bertz CT molecular complexity index is 1000. The van der Waals surface area contributed by atoms with Gasteiger partial charge in [0.2, 0.25) is 0 Å². The van der Waals surface area contributed by atoms with Crippen LogP contribution in [0.15, 0.2) is 34.7 Å². The standard InChI is InChI=1S/C26H32O5/c1-23(2)17-12-20(28)26(5)16(24(17,3)10-7-19(23)27)6-9-25(4)18(26)13-21(29)31-22(25)15-8-11-30-14-15/h8,11,13-14,16-17,22H,6-7,9-10,12H2,1-5H3/t16?,17?,22-,24+,25+,26+/m0/s1. The topological polar surface area (TPSA) is 73.6 Å². The average molecular weight is 425 g/mol. The van der Waals surface area contributed by atoms with E-state index in [0.29, 0.717) is 12.8 Å². The number of ether oxygens (including phenoxy) is 1. The zero-order chi connectivity index (χ0) is 22.4. The van der Waals surface area contributed by atoms with Crippen molar-refractivity contribution in [3.05, 3.63) is 35.8 Å². The highest BCUT2D eigenvalue weighted by atomic mass is 16.5. The van der Waals surface area contributed by atoms with Gasteiger partial charge in [0.25, 0.3) is 0 Å². The summed E-state index contributed by atoms with van der Waals surface area (Å²) in [4.78, 5) is 39.4. The lowest BCUT2D eigenvalue weighted by Gasteiger charge is -2.65. The fourth-order valence-electron chi connectivity index (χ4n) is 8.03. The molecule has 2 unspecified atom stereocenters. The van der Waals surface area contributed by atoms with Crippen LogP contribution in [0.2, 0.25) is 0 Å². The van der Waals surface area contributed by atoms with Crippen molar-refractivity contribution in [1.82, 2.24) is 0 Å². The number of rotatable bonds is 1. The van der Waals surface area contributed by atoms with E-state index in [2.05, 4.69) is 20.8 Å². The Kier molecular flexibility index (Phi) is 4.15. The molecule has 31 heavy (non-hydrogen) atoms. The molecule has 3 fully saturated rings. The first-order valence-electron chi connectivity index (χ1n) is 11.5. The van der Waals surface area contributed by atoms with Gasteiger partial charge in [0.1, 0.15) is 17.7 Å². The van der Waals surface area contributed by atoms with E-state index in [4.69, 9.17) is 9.15 Å². The van der Waals surface area contributed by atoms with Gasteiger partial charge in [-0.2, -0.15) is 0 Å². The number of carbonyl (C=O) groups excluding carboxylic acids is 3. The van der Waals surface area contributed by atoms with E-state index in [9.17, 15) is 14.4 Å². The molecule has 5 nitrogen and oxygen atoms in total. The maximum atomic E-state index is 13.9. The lowest BCUT2D eigenvalue weighted by Crippen LogP contribution is -2.64. The Morgan fingerprint density at radius 1 is 0.968 bits per heavy atom. The SMILES string of the molecule is CC1(C)C(=O)CC[C@@]2(C)C1CC(=O)[C@@]1(C)C3=CC(=O)O[C@@H](c4ccoc4)[C@]3(C)CCC12. The molecule has 4 aliphatic rings. The van der Waals surface area contributed by atoms with E-state index in [-0.39, 0.29) is 34.8 Å². The molecular formula is C26H32O5. The van der Waals surface area contributed by atoms with Crippen molar-refractivity contribution in [3.8, 4) is 0 Å². The molecule has 2 heterocycles. The predicted molar refractivity (Wildman–Crippen MR) is 114 cm³/mol.